The van der Waals surface area contributed by atoms with E-state index >= 15 is 0 Å². The van der Waals surface area contributed by atoms with E-state index in [1.165, 1.54) is 6.20 Å². The largest absolute Gasteiger partial charge is 0.474 e. The standard InChI is InChI=1S/C8H8N2O3/c1-5-2-6(4-9-3-5)10-7(11)8(12)13/h2-4H,1H3,(H,10,11)(H,12,13). The van der Waals surface area contributed by atoms with Gasteiger partial charge >= 0.3 is 11.9 Å². The Hall–Kier alpha value is -1.91. The number of anilines is 1. The highest BCUT2D eigenvalue weighted by Gasteiger charge is 2.10. The van der Waals surface area contributed by atoms with Crippen molar-refractivity contribution in [2.24, 2.45) is 0 Å². The average molecular weight is 180 g/mol. The molecule has 0 aromatic carbocycles. The van der Waals surface area contributed by atoms with Crippen molar-refractivity contribution in [3.63, 3.8) is 0 Å². The van der Waals surface area contributed by atoms with Crippen LogP contribution >= 0.6 is 0 Å². The number of aryl methyl sites for hydroxylation is 1. The van der Waals surface area contributed by atoms with Crippen LogP contribution in [0.1, 0.15) is 5.56 Å². The first-order valence-corrected chi connectivity index (χ1v) is 3.55. The number of aromatic nitrogens is 1. The molecule has 0 aliphatic heterocycles. The zero-order chi connectivity index (χ0) is 9.84. The lowest BCUT2D eigenvalue weighted by Crippen LogP contribution is -2.21. The van der Waals surface area contributed by atoms with Crippen molar-refractivity contribution in [2.45, 2.75) is 6.92 Å². The summed E-state index contributed by atoms with van der Waals surface area (Å²) < 4.78 is 0. The highest BCUT2D eigenvalue weighted by molar-refractivity contribution is 6.36. The predicted molar refractivity (Wildman–Crippen MR) is 45.2 cm³/mol. The molecule has 13 heavy (non-hydrogen) atoms. The number of hydrogen-bond donors (Lipinski definition) is 2. The van der Waals surface area contributed by atoms with E-state index in [9.17, 15) is 9.59 Å². The van der Waals surface area contributed by atoms with Crippen molar-refractivity contribution in [3.8, 4) is 0 Å². The number of carboxylic acids is 1. The van der Waals surface area contributed by atoms with Gasteiger partial charge in [0.1, 0.15) is 0 Å². The SMILES string of the molecule is Cc1cncc(NC(=O)C(=O)O)c1. The maximum Gasteiger partial charge on any atom is 0.394 e. The van der Waals surface area contributed by atoms with Gasteiger partial charge in [0, 0.05) is 6.20 Å². The van der Waals surface area contributed by atoms with Crippen LogP contribution in [-0.2, 0) is 9.59 Å². The Morgan fingerprint density at radius 1 is 1.46 bits per heavy atom. The first kappa shape index (κ1) is 9.18. The highest BCUT2D eigenvalue weighted by atomic mass is 16.4. The molecule has 0 saturated heterocycles. The Morgan fingerprint density at radius 3 is 2.69 bits per heavy atom. The summed E-state index contributed by atoms with van der Waals surface area (Å²) in [5.41, 5.74) is 1.23. The smallest absolute Gasteiger partial charge is 0.394 e. The van der Waals surface area contributed by atoms with Crippen LogP contribution in [0, 0.1) is 6.92 Å². The monoisotopic (exact) mass is 180 g/mol. The number of nitrogens with zero attached hydrogens (tertiary/aromatic N) is 1. The van der Waals surface area contributed by atoms with Crippen LogP contribution in [0.2, 0.25) is 0 Å². The van der Waals surface area contributed by atoms with E-state index < -0.39 is 11.9 Å². The number of nitrogens with one attached hydrogen (secondary N) is 1. The predicted octanol–water partition coefficient (Wildman–Crippen LogP) is 0.413. The molecular formula is C8H8N2O3. The lowest BCUT2D eigenvalue weighted by molar-refractivity contribution is -0.147. The number of hydrogen-bond acceptors (Lipinski definition) is 3. The van der Waals surface area contributed by atoms with Crippen LogP contribution in [0.3, 0.4) is 0 Å². The number of carbonyl (C=O) groups is 2. The van der Waals surface area contributed by atoms with Gasteiger partial charge in [-0.3, -0.25) is 9.78 Å². The average Bonchev–Trinajstić information content (AvgIpc) is 2.04. The molecule has 1 heterocycles. The Balaban J connectivity index is 2.75. The Kier molecular flexibility index (Phi) is 2.59. The van der Waals surface area contributed by atoms with Crippen molar-refractivity contribution in [1.29, 1.82) is 0 Å². The van der Waals surface area contributed by atoms with Gasteiger partial charge < -0.3 is 10.4 Å². The van der Waals surface area contributed by atoms with Crippen molar-refractivity contribution in [1.82, 2.24) is 4.98 Å². The molecule has 0 radical (unpaired) electrons. The second-order valence-electron chi connectivity index (χ2n) is 2.51. The van der Waals surface area contributed by atoms with Gasteiger partial charge in [-0.1, -0.05) is 0 Å². The number of carboxylic acid groups (broad SMARTS) is 1. The third-order valence-corrected chi connectivity index (χ3v) is 1.33. The normalized spacial score (nSPS) is 9.31. The van der Waals surface area contributed by atoms with Crippen LogP contribution in [0.4, 0.5) is 5.69 Å². The minimum absolute atomic E-state index is 0.382. The molecule has 1 amide bonds. The van der Waals surface area contributed by atoms with Crippen molar-refractivity contribution in [2.75, 3.05) is 5.32 Å². The number of amides is 1. The lowest BCUT2D eigenvalue weighted by atomic mass is 10.3. The van der Waals surface area contributed by atoms with Gasteiger partial charge in [0.2, 0.25) is 0 Å². The topological polar surface area (TPSA) is 79.3 Å². The minimum Gasteiger partial charge on any atom is -0.474 e. The lowest BCUT2D eigenvalue weighted by Gasteiger charge is -2.01. The van der Waals surface area contributed by atoms with Gasteiger partial charge in [-0.05, 0) is 18.6 Å². The van der Waals surface area contributed by atoms with Crippen molar-refractivity contribution >= 4 is 17.6 Å². The molecule has 0 aliphatic rings. The summed E-state index contributed by atoms with van der Waals surface area (Å²) in [6, 6.07) is 1.63. The molecule has 5 heteroatoms. The summed E-state index contributed by atoms with van der Waals surface area (Å²) in [7, 11) is 0. The third kappa shape index (κ3) is 2.55. The maximum absolute atomic E-state index is 10.7. The molecule has 0 fully saturated rings. The zero-order valence-corrected chi connectivity index (χ0v) is 6.94. The van der Waals surface area contributed by atoms with Crippen LogP contribution < -0.4 is 5.32 Å². The fraction of sp³-hybridized carbons (Fsp3) is 0.125. The Morgan fingerprint density at radius 2 is 2.15 bits per heavy atom. The van der Waals surface area contributed by atoms with E-state index in [-0.39, 0.29) is 0 Å². The van der Waals surface area contributed by atoms with Crippen molar-refractivity contribution in [3.05, 3.63) is 24.0 Å². The maximum atomic E-state index is 10.7. The van der Waals surface area contributed by atoms with Gasteiger partial charge in [0.25, 0.3) is 0 Å². The quantitative estimate of drug-likeness (QED) is 0.613. The van der Waals surface area contributed by atoms with Gasteiger partial charge in [-0.25, -0.2) is 4.79 Å². The van der Waals surface area contributed by atoms with E-state index in [0.29, 0.717) is 5.69 Å². The van der Waals surface area contributed by atoms with Crippen LogP contribution in [0.25, 0.3) is 0 Å². The summed E-state index contributed by atoms with van der Waals surface area (Å²) in [4.78, 5) is 24.6. The minimum atomic E-state index is -1.51. The number of carbonyl (C=O) groups excluding carboxylic acids is 1. The van der Waals surface area contributed by atoms with Gasteiger partial charge in [-0.2, -0.15) is 0 Å². The molecule has 1 aromatic heterocycles. The van der Waals surface area contributed by atoms with Crippen LogP contribution in [0.15, 0.2) is 18.5 Å². The van der Waals surface area contributed by atoms with Crippen LogP contribution in [0.5, 0.6) is 0 Å². The van der Waals surface area contributed by atoms with E-state index in [1.54, 1.807) is 19.2 Å². The first-order chi connectivity index (χ1) is 6.09. The second-order valence-corrected chi connectivity index (χ2v) is 2.51. The number of pyridine rings is 1. The highest BCUT2D eigenvalue weighted by Crippen LogP contribution is 2.06. The molecule has 0 atom stereocenters. The molecule has 1 rings (SSSR count). The molecule has 0 aliphatic carbocycles. The van der Waals surface area contributed by atoms with E-state index in [4.69, 9.17) is 5.11 Å². The van der Waals surface area contributed by atoms with Gasteiger partial charge in [-0.15, -0.1) is 0 Å². The molecule has 0 spiro atoms. The summed E-state index contributed by atoms with van der Waals surface area (Å²) in [6.07, 6.45) is 2.99. The second kappa shape index (κ2) is 3.66. The van der Waals surface area contributed by atoms with Crippen molar-refractivity contribution < 1.29 is 14.7 Å². The fourth-order valence-electron chi connectivity index (χ4n) is 0.808. The summed E-state index contributed by atoms with van der Waals surface area (Å²) in [5, 5.41) is 10.5. The Bertz CT molecular complexity index is 349. The summed E-state index contributed by atoms with van der Waals surface area (Å²) in [6.45, 7) is 1.80. The number of rotatable bonds is 1. The molecular weight excluding hydrogens is 172 g/mol. The summed E-state index contributed by atoms with van der Waals surface area (Å²) in [5.74, 6) is -2.58. The number of aliphatic carboxylic acids is 1. The van der Waals surface area contributed by atoms with Gasteiger partial charge in [0.05, 0.1) is 11.9 Å². The first-order valence-electron chi connectivity index (χ1n) is 3.55. The zero-order valence-electron chi connectivity index (χ0n) is 6.94. The molecule has 2 N–H and O–H groups in total. The third-order valence-electron chi connectivity index (χ3n) is 1.33. The Labute approximate surface area is 74.4 Å². The summed E-state index contributed by atoms with van der Waals surface area (Å²) >= 11 is 0. The van der Waals surface area contributed by atoms with Crippen LogP contribution in [-0.4, -0.2) is 22.0 Å². The van der Waals surface area contributed by atoms with Gasteiger partial charge in [0.15, 0.2) is 0 Å². The fourth-order valence-corrected chi connectivity index (χ4v) is 0.808. The van der Waals surface area contributed by atoms with E-state index in [1.807, 2.05) is 0 Å². The molecule has 1 aromatic rings. The molecule has 0 bridgehead atoms. The molecule has 68 valence electrons. The van der Waals surface area contributed by atoms with E-state index in [2.05, 4.69) is 10.3 Å². The molecule has 0 unspecified atom stereocenters. The molecule has 0 saturated carbocycles. The van der Waals surface area contributed by atoms with E-state index in [0.717, 1.165) is 5.56 Å². The molecule has 5 nitrogen and oxygen atoms in total.